The first-order valence-electron chi connectivity index (χ1n) is 8.63. The number of nitriles is 1. The summed E-state index contributed by atoms with van der Waals surface area (Å²) >= 11 is 0. The van der Waals surface area contributed by atoms with Crippen molar-refractivity contribution >= 4 is 11.8 Å². The first kappa shape index (κ1) is 16.8. The molecule has 2 rings (SSSR count). The second kappa shape index (κ2) is 8.77. The molecule has 5 nitrogen and oxygen atoms in total. The van der Waals surface area contributed by atoms with Crippen LogP contribution in [-0.2, 0) is 9.59 Å². The van der Waals surface area contributed by atoms with Crippen LogP contribution in [0.25, 0.3) is 0 Å². The lowest BCUT2D eigenvalue weighted by atomic mass is 9.86. The molecule has 0 aromatic heterocycles. The van der Waals surface area contributed by atoms with Crippen molar-refractivity contribution in [2.45, 2.75) is 57.8 Å². The third-order valence-electron chi connectivity index (χ3n) is 4.92. The number of carbonyl (C=O) groups is 2. The van der Waals surface area contributed by atoms with Crippen LogP contribution in [0.4, 0.5) is 0 Å². The van der Waals surface area contributed by atoms with Gasteiger partial charge in [-0.15, -0.1) is 0 Å². The van der Waals surface area contributed by atoms with Gasteiger partial charge >= 0.3 is 0 Å². The Hall–Kier alpha value is -1.57. The van der Waals surface area contributed by atoms with Gasteiger partial charge in [-0.3, -0.25) is 9.59 Å². The molecule has 0 spiro atoms. The first-order chi connectivity index (χ1) is 10.7. The molecule has 1 aliphatic heterocycles. The van der Waals surface area contributed by atoms with Crippen LogP contribution >= 0.6 is 0 Å². The SMILES string of the molecule is N#CCC(=O)N1CCCN(C(=O)CCC2CCCCC2)CC1. The van der Waals surface area contributed by atoms with Crippen molar-refractivity contribution in [1.29, 1.82) is 5.26 Å². The Balaban J connectivity index is 1.74. The van der Waals surface area contributed by atoms with Crippen LogP contribution in [0.2, 0.25) is 0 Å². The van der Waals surface area contributed by atoms with Gasteiger partial charge in [0.1, 0.15) is 6.42 Å². The van der Waals surface area contributed by atoms with Gasteiger partial charge in [-0.05, 0) is 18.8 Å². The number of nitrogens with zero attached hydrogens (tertiary/aromatic N) is 3. The van der Waals surface area contributed by atoms with E-state index < -0.39 is 0 Å². The fourth-order valence-corrected chi connectivity index (χ4v) is 3.56. The van der Waals surface area contributed by atoms with Crippen molar-refractivity contribution in [3.8, 4) is 6.07 Å². The molecule has 22 heavy (non-hydrogen) atoms. The smallest absolute Gasteiger partial charge is 0.236 e. The van der Waals surface area contributed by atoms with E-state index in [0.717, 1.165) is 25.3 Å². The summed E-state index contributed by atoms with van der Waals surface area (Å²) in [7, 11) is 0. The van der Waals surface area contributed by atoms with Crippen LogP contribution in [0.5, 0.6) is 0 Å². The number of rotatable bonds is 4. The lowest BCUT2D eigenvalue weighted by molar-refractivity contribution is -0.133. The molecule has 1 saturated heterocycles. The molecule has 2 fully saturated rings. The summed E-state index contributed by atoms with van der Waals surface area (Å²) in [5.41, 5.74) is 0. The zero-order chi connectivity index (χ0) is 15.8. The minimum absolute atomic E-state index is 0.0599. The Morgan fingerprint density at radius 1 is 0.909 bits per heavy atom. The highest BCUT2D eigenvalue weighted by molar-refractivity contribution is 5.79. The lowest BCUT2D eigenvalue weighted by Crippen LogP contribution is -2.37. The zero-order valence-electron chi connectivity index (χ0n) is 13.4. The fourth-order valence-electron chi connectivity index (χ4n) is 3.56. The molecular formula is C17H27N3O2. The Kier molecular flexibility index (Phi) is 6.70. The van der Waals surface area contributed by atoms with Gasteiger partial charge < -0.3 is 9.80 Å². The molecule has 0 radical (unpaired) electrons. The van der Waals surface area contributed by atoms with Crippen molar-refractivity contribution in [2.75, 3.05) is 26.2 Å². The van der Waals surface area contributed by atoms with Gasteiger partial charge in [-0.1, -0.05) is 32.1 Å². The predicted molar refractivity (Wildman–Crippen MR) is 83.8 cm³/mol. The Bertz CT molecular complexity index is 424. The molecule has 0 unspecified atom stereocenters. The third-order valence-corrected chi connectivity index (χ3v) is 4.92. The predicted octanol–water partition coefficient (Wildman–Crippen LogP) is 2.32. The highest BCUT2D eigenvalue weighted by Gasteiger charge is 2.22. The molecule has 0 aromatic rings. The van der Waals surface area contributed by atoms with Crippen LogP contribution in [0.3, 0.4) is 0 Å². The summed E-state index contributed by atoms with van der Waals surface area (Å²) < 4.78 is 0. The van der Waals surface area contributed by atoms with Crippen molar-refractivity contribution in [1.82, 2.24) is 9.80 Å². The summed E-state index contributed by atoms with van der Waals surface area (Å²) in [6.45, 7) is 2.57. The molecule has 2 aliphatic rings. The lowest BCUT2D eigenvalue weighted by Gasteiger charge is -2.24. The number of hydrogen-bond acceptors (Lipinski definition) is 3. The molecule has 5 heteroatoms. The van der Waals surface area contributed by atoms with Gasteiger partial charge in [0.15, 0.2) is 0 Å². The molecule has 1 heterocycles. The van der Waals surface area contributed by atoms with Gasteiger partial charge in [0.2, 0.25) is 11.8 Å². The minimum Gasteiger partial charge on any atom is -0.341 e. The second-order valence-corrected chi connectivity index (χ2v) is 6.49. The maximum absolute atomic E-state index is 12.4. The summed E-state index contributed by atoms with van der Waals surface area (Å²) in [6.07, 6.45) is 8.97. The summed E-state index contributed by atoms with van der Waals surface area (Å²) in [5.74, 6) is 0.859. The average Bonchev–Trinajstić information content (AvgIpc) is 2.80. The molecule has 122 valence electrons. The Morgan fingerprint density at radius 3 is 2.18 bits per heavy atom. The number of hydrogen-bond donors (Lipinski definition) is 0. The average molecular weight is 305 g/mol. The van der Waals surface area contributed by atoms with E-state index in [2.05, 4.69) is 0 Å². The maximum atomic E-state index is 12.4. The van der Waals surface area contributed by atoms with Crippen LogP contribution in [0, 0.1) is 17.2 Å². The molecule has 0 N–H and O–H groups in total. The van der Waals surface area contributed by atoms with Crippen LogP contribution < -0.4 is 0 Å². The zero-order valence-corrected chi connectivity index (χ0v) is 13.4. The molecule has 1 saturated carbocycles. The second-order valence-electron chi connectivity index (χ2n) is 6.49. The van der Waals surface area contributed by atoms with E-state index in [1.54, 1.807) is 4.90 Å². The normalized spacial score (nSPS) is 20.3. The van der Waals surface area contributed by atoms with Crippen molar-refractivity contribution < 1.29 is 9.59 Å². The quantitative estimate of drug-likeness (QED) is 0.800. The van der Waals surface area contributed by atoms with Crippen molar-refractivity contribution in [2.24, 2.45) is 5.92 Å². The van der Waals surface area contributed by atoms with E-state index in [-0.39, 0.29) is 18.2 Å². The summed E-state index contributed by atoms with van der Waals surface area (Å²) in [5, 5.41) is 8.61. The van der Waals surface area contributed by atoms with E-state index in [1.807, 2.05) is 11.0 Å². The molecule has 1 aliphatic carbocycles. The summed E-state index contributed by atoms with van der Waals surface area (Å²) in [6, 6.07) is 1.90. The van der Waals surface area contributed by atoms with Crippen LogP contribution in [0.1, 0.15) is 57.8 Å². The number of carbonyl (C=O) groups excluding carboxylic acids is 2. The molecule has 2 amide bonds. The molecule has 0 aromatic carbocycles. The topological polar surface area (TPSA) is 64.4 Å². The Morgan fingerprint density at radius 2 is 1.55 bits per heavy atom. The highest BCUT2D eigenvalue weighted by atomic mass is 16.2. The van der Waals surface area contributed by atoms with Crippen molar-refractivity contribution in [3.05, 3.63) is 0 Å². The van der Waals surface area contributed by atoms with Gasteiger partial charge in [0, 0.05) is 32.6 Å². The largest absolute Gasteiger partial charge is 0.341 e. The van der Waals surface area contributed by atoms with Gasteiger partial charge in [0.05, 0.1) is 6.07 Å². The van der Waals surface area contributed by atoms with E-state index in [4.69, 9.17) is 5.26 Å². The maximum Gasteiger partial charge on any atom is 0.236 e. The van der Waals surface area contributed by atoms with E-state index >= 15 is 0 Å². The monoisotopic (exact) mass is 305 g/mol. The van der Waals surface area contributed by atoms with Gasteiger partial charge in [0.25, 0.3) is 0 Å². The molecule has 0 atom stereocenters. The Labute approximate surface area is 133 Å². The molecule has 0 bridgehead atoms. The van der Waals surface area contributed by atoms with Gasteiger partial charge in [-0.2, -0.15) is 5.26 Å². The molecular weight excluding hydrogens is 278 g/mol. The highest BCUT2D eigenvalue weighted by Crippen LogP contribution is 2.27. The number of amides is 2. The van der Waals surface area contributed by atoms with Crippen molar-refractivity contribution in [3.63, 3.8) is 0 Å². The van der Waals surface area contributed by atoms with E-state index in [0.29, 0.717) is 26.1 Å². The summed E-state index contributed by atoms with van der Waals surface area (Å²) in [4.78, 5) is 27.8. The van der Waals surface area contributed by atoms with E-state index in [1.165, 1.54) is 32.1 Å². The standard InChI is InChI=1S/C17H27N3O2/c18-10-9-17(22)20-12-4-11-19(13-14-20)16(21)8-7-15-5-2-1-3-6-15/h15H,1-9,11-14H2. The fraction of sp³-hybridized carbons (Fsp3) is 0.824. The first-order valence-corrected chi connectivity index (χ1v) is 8.63. The van der Waals surface area contributed by atoms with Crippen LogP contribution in [0.15, 0.2) is 0 Å². The third kappa shape index (κ3) is 5.01. The van der Waals surface area contributed by atoms with Crippen LogP contribution in [-0.4, -0.2) is 47.8 Å². The minimum atomic E-state index is -0.112. The van der Waals surface area contributed by atoms with Gasteiger partial charge in [-0.25, -0.2) is 0 Å². The van der Waals surface area contributed by atoms with E-state index in [9.17, 15) is 9.59 Å².